The molecule has 0 unspecified atom stereocenters. The smallest absolute Gasteiger partial charge is 0.338 e. The zero-order chi connectivity index (χ0) is 23.5. The normalized spacial score (nSPS) is 21.7. The Bertz CT molecular complexity index is 1030. The molecule has 3 rings (SSSR count). The van der Waals surface area contributed by atoms with Crippen LogP contribution in [0.15, 0.2) is 40.4 Å². The van der Waals surface area contributed by atoms with Crippen molar-refractivity contribution in [3.8, 4) is 0 Å². The minimum Gasteiger partial charge on any atom is -0.463 e. The first-order chi connectivity index (χ1) is 15.1. The van der Waals surface area contributed by atoms with Crippen molar-refractivity contribution in [2.24, 2.45) is 0 Å². The molecule has 0 aliphatic carbocycles. The number of aryl methyl sites for hydroxylation is 1. The van der Waals surface area contributed by atoms with Gasteiger partial charge >= 0.3 is 18.0 Å². The number of carbonyl (C=O) groups is 3. The Morgan fingerprint density at radius 2 is 1.88 bits per heavy atom. The van der Waals surface area contributed by atoms with Gasteiger partial charge in [-0.15, -0.1) is 0 Å². The van der Waals surface area contributed by atoms with Gasteiger partial charge in [0.1, 0.15) is 12.6 Å². The van der Waals surface area contributed by atoms with Crippen molar-refractivity contribution in [2.75, 3.05) is 19.8 Å². The van der Waals surface area contributed by atoms with Gasteiger partial charge < -0.3 is 20.1 Å². The van der Waals surface area contributed by atoms with Crippen molar-refractivity contribution in [2.45, 2.75) is 50.6 Å². The summed E-state index contributed by atoms with van der Waals surface area (Å²) in [6, 6.07) is 4.24. The summed E-state index contributed by atoms with van der Waals surface area (Å²) >= 11 is 0. The van der Waals surface area contributed by atoms with E-state index < -0.39 is 40.1 Å². The van der Waals surface area contributed by atoms with Gasteiger partial charge in [-0.3, -0.25) is 4.79 Å². The highest BCUT2D eigenvalue weighted by atomic mass is 32.2. The van der Waals surface area contributed by atoms with Gasteiger partial charge in [0.2, 0.25) is 10.0 Å². The fraction of sp³-hybridized carbons (Fsp3) is 0.476. The highest BCUT2D eigenvalue weighted by Gasteiger charge is 2.41. The Balaban J connectivity index is 1.77. The molecule has 0 saturated carbocycles. The molecular formula is C21H27N3O7S. The first kappa shape index (κ1) is 23.7. The predicted octanol–water partition coefficient (Wildman–Crippen LogP) is 1.21. The van der Waals surface area contributed by atoms with Gasteiger partial charge in [0.15, 0.2) is 0 Å². The molecule has 2 amide bonds. The molecular weight excluding hydrogens is 438 g/mol. The number of hydrogen-bond acceptors (Lipinski definition) is 7. The fourth-order valence-corrected chi connectivity index (χ4v) is 5.39. The van der Waals surface area contributed by atoms with Crippen LogP contribution in [0.25, 0.3) is 0 Å². The van der Waals surface area contributed by atoms with Crippen molar-refractivity contribution in [3.63, 3.8) is 0 Å². The lowest BCUT2D eigenvalue weighted by atomic mass is 10.0. The number of carbonyl (C=O) groups excluding carboxylic acids is 3. The van der Waals surface area contributed by atoms with E-state index in [-0.39, 0.29) is 35.9 Å². The van der Waals surface area contributed by atoms with E-state index in [4.69, 9.17) is 9.47 Å². The second-order valence-electron chi connectivity index (χ2n) is 7.63. The van der Waals surface area contributed by atoms with E-state index in [9.17, 15) is 22.8 Å². The van der Waals surface area contributed by atoms with Gasteiger partial charge in [0, 0.05) is 6.54 Å². The van der Waals surface area contributed by atoms with Crippen molar-refractivity contribution >= 4 is 28.0 Å². The number of nitrogens with zero attached hydrogens (tertiary/aromatic N) is 1. The largest absolute Gasteiger partial charge is 0.463 e. The van der Waals surface area contributed by atoms with Gasteiger partial charge in [-0.05, 0) is 45.7 Å². The van der Waals surface area contributed by atoms with Crippen molar-refractivity contribution < 1.29 is 32.3 Å². The summed E-state index contributed by atoms with van der Waals surface area (Å²) in [4.78, 5) is 37.0. The summed E-state index contributed by atoms with van der Waals surface area (Å²) in [5.41, 5.74) is 1.18. The number of hydrogen-bond donors (Lipinski definition) is 2. The van der Waals surface area contributed by atoms with E-state index in [2.05, 4.69) is 10.6 Å². The first-order valence-electron chi connectivity index (χ1n) is 10.4. The van der Waals surface area contributed by atoms with E-state index >= 15 is 0 Å². The number of nitrogens with one attached hydrogen (secondary N) is 2. The maximum atomic E-state index is 13.0. The second-order valence-corrected chi connectivity index (χ2v) is 9.52. The molecule has 2 atom stereocenters. The summed E-state index contributed by atoms with van der Waals surface area (Å²) in [6.45, 7) is 5.07. The zero-order valence-corrected chi connectivity index (χ0v) is 19.0. The first-order valence-corrected chi connectivity index (χ1v) is 11.8. The van der Waals surface area contributed by atoms with Crippen molar-refractivity contribution in [3.05, 3.63) is 41.1 Å². The molecule has 11 heteroatoms. The van der Waals surface area contributed by atoms with Crippen LogP contribution in [0, 0.1) is 6.92 Å². The van der Waals surface area contributed by atoms with E-state index in [0.29, 0.717) is 12.8 Å². The summed E-state index contributed by atoms with van der Waals surface area (Å²) in [7, 11) is -3.88. The van der Waals surface area contributed by atoms with Crippen LogP contribution in [0.5, 0.6) is 0 Å². The molecule has 1 saturated heterocycles. The molecule has 2 aliphatic heterocycles. The Kier molecular flexibility index (Phi) is 7.19. The van der Waals surface area contributed by atoms with Gasteiger partial charge in [0.25, 0.3) is 0 Å². The molecule has 0 aromatic heterocycles. The molecule has 1 fully saturated rings. The van der Waals surface area contributed by atoms with E-state index in [1.807, 2.05) is 6.92 Å². The third-order valence-corrected chi connectivity index (χ3v) is 7.25. The van der Waals surface area contributed by atoms with Crippen LogP contribution in [0.3, 0.4) is 0 Å². The van der Waals surface area contributed by atoms with Crippen LogP contribution >= 0.6 is 0 Å². The molecule has 2 heterocycles. The monoisotopic (exact) mass is 465 g/mol. The Morgan fingerprint density at radius 1 is 1.19 bits per heavy atom. The second kappa shape index (κ2) is 9.70. The SMILES string of the molecule is CCOC(=O)C1=C(COC(=O)[C@@H]2CCCN2S(=O)(=O)c2ccc(C)cc2)NC(=O)N[C@@H]1C. The molecule has 0 bridgehead atoms. The topological polar surface area (TPSA) is 131 Å². The molecule has 10 nitrogen and oxygen atoms in total. The zero-order valence-electron chi connectivity index (χ0n) is 18.2. The van der Waals surface area contributed by atoms with Crippen LogP contribution in [-0.2, 0) is 29.1 Å². The fourth-order valence-electron chi connectivity index (χ4n) is 3.74. The number of urea groups is 1. The summed E-state index contributed by atoms with van der Waals surface area (Å²) in [5, 5.41) is 5.03. The maximum absolute atomic E-state index is 13.0. The number of esters is 2. The minimum atomic E-state index is -3.88. The standard InChI is InChI=1S/C21H27N3O7S/c1-4-30-20(26)18-14(3)22-21(27)23-16(18)12-31-19(25)17-6-5-11-24(17)32(28,29)15-9-7-13(2)8-10-15/h7-10,14,17H,4-6,11-12H2,1-3H3,(H2,22,23,27)/t14-,17+/m1/s1. The molecule has 1 aromatic carbocycles. The molecule has 2 N–H and O–H groups in total. The quantitative estimate of drug-likeness (QED) is 0.579. The van der Waals surface area contributed by atoms with E-state index in [1.165, 1.54) is 12.1 Å². The number of amides is 2. The summed E-state index contributed by atoms with van der Waals surface area (Å²) in [6.07, 6.45) is 0.831. The highest BCUT2D eigenvalue weighted by molar-refractivity contribution is 7.89. The molecule has 2 aliphatic rings. The Hall–Kier alpha value is -2.92. The molecule has 174 valence electrons. The third kappa shape index (κ3) is 4.94. The van der Waals surface area contributed by atoms with Crippen LogP contribution in [0.2, 0.25) is 0 Å². The van der Waals surface area contributed by atoms with Crippen molar-refractivity contribution in [1.29, 1.82) is 0 Å². The van der Waals surface area contributed by atoms with Crippen molar-refractivity contribution in [1.82, 2.24) is 14.9 Å². The van der Waals surface area contributed by atoms with Crippen LogP contribution in [0.4, 0.5) is 4.79 Å². The Labute approximate surface area is 187 Å². The average molecular weight is 466 g/mol. The van der Waals surface area contributed by atoms with Crippen LogP contribution < -0.4 is 10.6 Å². The Morgan fingerprint density at radius 3 is 2.53 bits per heavy atom. The van der Waals surface area contributed by atoms with Crippen LogP contribution in [-0.4, -0.2) is 62.5 Å². The molecule has 0 spiro atoms. The van der Waals surface area contributed by atoms with Gasteiger partial charge in [-0.2, -0.15) is 4.31 Å². The number of rotatable bonds is 7. The number of sulfonamides is 1. The number of ether oxygens (including phenoxy) is 2. The highest BCUT2D eigenvalue weighted by Crippen LogP contribution is 2.27. The summed E-state index contributed by atoms with van der Waals surface area (Å²) in [5.74, 6) is -1.38. The number of benzene rings is 1. The third-order valence-electron chi connectivity index (χ3n) is 5.33. The van der Waals surface area contributed by atoms with Crippen LogP contribution in [0.1, 0.15) is 32.3 Å². The molecule has 32 heavy (non-hydrogen) atoms. The lowest BCUT2D eigenvalue weighted by Gasteiger charge is -2.27. The average Bonchev–Trinajstić information content (AvgIpc) is 3.23. The lowest BCUT2D eigenvalue weighted by Crippen LogP contribution is -2.50. The minimum absolute atomic E-state index is 0.106. The van der Waals surface area contributed by atoms with Gasteiger partial charge in [0.05, 0.1) is 28.8 Å². The maximum Gasteiger partial charge on any atom is 0.338 e. The predicted molar refractivity (Wildman–Crippen MR) is 114 cm³/mol. The summed E-state index contributed by atoms with van der Waals surface area (Å²) < 4.78 is 37.6. The van der Waals surface area contributed by atoms with Gasteiger partial charge in [-0.25, -0.2) is 18.0 Å². The lowest BCUT2D eigenvalue weighted by molar-refractivity contribution is -0.147. The van der Waals surface area contributed by atoms with E-state index in [1.54, 1.807) is 26.0 Å². The van der Waals surface area contributed by atoms with Gasteiger partial charge in [-0.1, -0.05) is 17.7 Å². The molecule has 1 aromatic rings. The molecule has 0 radical (unpaired) electrons. The van der Waals surface area contributed by atoms with E-state index in [0.717, 1.165) is 9.87 Å².